The molecule has 1 aliphatic heterocycles. The zero-order chi connectivity index (χ0) is 20.4. The van der Waals surface area contributed by atoms with Crippen LogP contribution in [0.4, 0.5) is 5.69 Å². The van der Waals surface area contributed by atoms with Gasteiger partial charge in [-0.2, -0.15) is 14.8 Å². The maximum Gasteiger partial charge on any atom is 0.292 e. The molecule has 1 unspecified atom stereocenters. The van der Waals surface area contributed by atoms with Crippen LogP contribution in [0.25, 0.3) is 5.69 Å². The van der Waals surface area contributed by atoms with Crippen molar-refractivity contribution in [3.8, 4) is 5.69 Å². The first kappa shape index (κ1) is 19.6. The van der Waals surface area contributed by atoms with E-state index in [1.807, 2.05) is 37.3 Å². The van der Waals surface area contributed by atoms with Crippen LogP contribution in [0.2, 0.25) is 5.02 Å². The Balaban J connectivity index is 1.47. The number of aromatic nitrogens is 4. The summed E-state index contributed by atoms with van der Waals surface area (Å²) in [4.78, 5) is 21.5. The van der Waals surface area contributed by atoms with Gasteiger partial charge < -0.3 is 9.42 Å². The van der Waals surface area contributed by atoms with Gasteiger partial charge in [-0.25, -0.2) is 0 Å². The molecule has 1 atom stereocenters. The van der Waals surface area contributed by atoms with Crippen molar-refractivity contribution in [1.29, 1.82) is 0 Å². The molecule has 0 amide bonds. The number of para-hydroxylation sites is 1. The average molecular weight is 415 g/mol. The predicted molar refractivity (Wildman–Crippen MR) is 111 cm³/mol. The van der Waals surface area contributed by atoms with Gasteiger partial charge >= 0.3 is 0 Å². The van der Waals surface area contributed by atoms with Crippen LogP contribution in [0.3, 0.4) is 0 Å². The molecular weight excluding hydrogens is 392 g/mol. The molecule has 1 fully saturated rings. The molecule has 2 aromatic heterocycles. The third-order valence-corrected chi connectivity index (χ3v) is 5.62. The van der Waals surface area contributed by atoms with Crippen molar-refractivity contribution < 1.29 is 4.52 Å². The van der Waals surface area contributed by atoms with Crippen LogP contribution in [0.5, 0.6) is 0 Å². The smallest absolute Gasteiger partial charge is 0.292 e. The number of piperazine rings is 1. The Morgan fingerprint density at radius 1 is 1.17 bits per heavy atom. The van der Waals surface area contributed by atoms with E-state index in [1.165, 1.54) is 4.68 Å². The molecule has 3 heterocycles. The quantitative estimate of drug-likeness (QED) is 0.634. The molecule has 1 aromatic carbocycles. The van der Waals surface area contributed by atoms with E-state index >= 15 is 0 Å². The van der Waals surface area contributed by atoms with Gasteiger partial charge in [0.05, 0.1) is 23.6 Å². The molecule has 0 bridgehead atoms. The third-order valence-electron chi connectivity index (χ3n) is 5.26. The van der Waals surface area contributed by atoms with E-state index < -0.39 is 0 Å². The van der Waals surface area contributed by atoms with E-state index in [1.54, 1.807) is 6.20 Å². The number of aryl methyl sites for hydroxylation is 1. The minimum atomic E-state index is -0.316. The highest BCUT2D eigenvalue weighted by Crippen LogP contribution is 2.26. The van der Waals surface area contributed by atoms with Gasteiger partial charge in [0, 0.05) is 32.6 Å². The molecule has 0 radical (unpaired) electrons. The fraction of sp³-hybridized carbons (Fsp3) is 0.400. The van der Waals surface area contributed by atoms with E-state index in [0.29, 0.717) is 17.3 Å². The topological polar surface area (TPSA) is 80.3 Å². The molecular formula is C20H23ClN6O2. The molecule has 1 aliphatic rings. The van der Waals surface area contributed by atoms with Crippen LogP contribution in [0.1, 0.15) is 31.6 Å². The number of hydrogen-bond donors (Lipinski definition) is 0. The highest BCUT2D eigenvalue weighted by molar-refractivity contribution is 6.33. The van der Waals surface area contributed by atoms with Gasteiger partial charge in [-0.05, 0) is 19.1 Å². The van der Waals surface area contributed by atoms with E-state index in [9.17, 15) is 4.79 Å². The fourth-order valence-electron chi connectivity index (χ4n) is 3.48. The van der Waals surface area contributed by atoms with Crippen molar-refractivity contribution in [3.05, 3.63) is 63.6 Å². The zero-order valence-electron chi connectivity index (χ0n) is 16.5. The Morgan fingerprint density at radius 2 is 1.90 bits per heavy atom. The van der Waals surface area contributed by atoms with Gasteiger partial charge in [0.1, 0.15) is 5.02 Å². The summed E-state index contributed by atoms with van der Waals surface area (Å²) in [5.74, 6) is 1.36. The van der Waals surface area contributed by atoms with Crippen LogP contribution in [0, 0.1) is 0 Å². The molecule has 3 aromatic rings. The Kier molecular flexibility index (Phi) is 5.64. The van der Waals surface area contributed by atoms with Crippen molar-refractivity contribution in [3.63, 3.8) is 0 Å². The summed E-state index contributed by atoms with van der Waals surface area (Å²) in [6.45, 7) is 7.12. The first-order chi connectivity index (χ1) is 14.1. The Morgan fingerprint density at radius 3 is 2.55 bits per heavy atom. The lowest BCUT2D eigenvalue weighted by molar-refractivity contribution is 0.164. The second kappa shape index (κ2) is 8.34. The Bertz CT molecular complexity index is 1030. The summed E-state index contributed by atoms with van der Waals surface area (Å²) in [6, 6.07) is 9.31. The second-order valence-corrected chi connectivity index (χ2v) is 7.38. The normalized spacial score (nSPS) is 16.2. The average Bonchev–Trinajstić information content (AvgIpc) is 3.25. The molecule has 0 N–H and O–H groups in total. The van der Waals surface area contributed by atoms with E-state index in [-0.39, 0.29) is 16.6 Å². The first-order valence-electron chi connectivity index (χ1n) is 9.73. The molecule has 0 spiro atoms. The largest absolute Gasteiger partial charge is 0.366 e. The van der Waals surface area contributed by atoms with E-state index in [4.69, 9.17) is 16.1 Å². The Hall–Kier alpha value is -2.71. The number of anilines is 1. The SMILES string of the molecule is CCc1noc(C(C)N2CCN(c3cnn(-c4ccccc4)c(=O)c3Cl)CC2)n1. The van der Waals surface area contributed by atoms with Crippen molar-refractivity contribution in [1.82, 2.24) is 24.8 Å². The lowest BCUT2D eigenvalue weighted by Gasteiger charge is -2.38. The summed E-state index contributed by atoms with van der Waals surface area (Å²) in [5.41, 5.74) is 1.04. The molecule has 9 heteroatoms. The minimum absolute atomic E-state index is 0.0460. The number of benzene rings is 1. The van der Waals surface area contributed by atoms with E-state index in [2.05, 4.69) is 32.0 Å². The summed E-state index contributed by atoms with van der Waals surface area (Å²) in [5, 5.41) is 8.50. The lowest BCUT2D eigenvalue weighted by Crippen LogP contribution is -2.47. The van der Waals surface area contributed by atoms with Crippen LogP contribution in [-0.4, -0.2) is 51.0 Å². The highest BCUT2D eigenvalue weighted by Gasteiger charge is 2.27. The fourth-order valence-corrected chi connectivity index (χ4v) is 3.73. The van der Waals surface area contributed by atoms with Crippen LogP contribution >= 0.6 is 11.6 Å². The maximum atomic E-state index is 12.7. The number of halogens is 1. The number of nitrogens with zero attached hydrogens (tertiary/aromatic N) is 6. The van der Waals surface area contributed by atoms with Gasteiger partial charge in [-0.3, -0.25) is 9.69 Å². The monoisotopic (exact) mass is 414 g/mol. The lowest BCUT2D eigenvalue weighted by atomic mass is 10.2. The molecule has 8 nitrogen and oxygen atoms in total. The summed E-state index contributed by atoms with van der Waals surface area (Å²) >= 11 is 6.43. The van der Waals surface area contributed by atoms with Crippen LogP contribution in [-0.2, 0) is 6.42 Å². The Labute approximate surface area is 173 Å². The van der Waals surface area contributed by atoms with Crippen LogP contribution in [0.15, 0.2) is 45.8 Å². The van der Waals surface area contributed by atoms with Crippen molar-refractivity contribution in [2.24, 2.45) is 0 Å². The first-order valence-corrected chi connectivity index (χ1v) is 10.1. The molecule has 152 valence electrons. The van der Waals surface area contributed by atoms with E-state index in [0.717, 1.165) is 38.4 Å². The van der Waals surface area contributed by atoms with Crippen molar-refractivity contribution in [2.75, 3.05) is 31.1 Å². The van der Waals surface area contributed by atoms with Crippen molar-refractivity contribution in [2.45, 2.75) is 26.3 Å². The number of hydrogen-bond acceptors (Lipinski definition) is 7. The number of rotatable bonds is 5. The molecule has 1 saturated heterocycles. The van der Waals surface area contributed by atoms with Gasteiger partial charge in [-0.15, -0.1) is 0 Å². The third kappa shape index (κ3) is 3.90. The van der Waals surface area contributed by atoms with Gasteiger partial charge in [0.15, 0.2) is 5.82 Å². The molecule has 29 heavy (non-hydrogen) atoms. The summed E-state index contributed by atoms with van der Waals surface area (Å²) < 4.78 is 6.70. The maximum absolute atomic E-state index is 12.7. The minimum Gasteiger partial charge on any atom is -0.366 e. The van der Waals surface area contributed by atoms with Crippen LogP contribution < -0.4 is 10.5 Å². The molecule has 0 saturated carbocycles. The zero-order valence-corrected chi connectivity index (χ0v) is 17.2. The molecule has 0 aliphatic carbocycles. The predicted octanol–water partition coefficient (Wildman–Crippen LogP) is 2.71. The molecule has 4 rings (SSSR count). The second-order valence-electron chi connectivity index (χ2n) is 7.00. The van der Waals surface area contributed by atoms with Gasteiger partial charge in [0.2, 0.25) is 5.89 Å². The highest BCUT2D eigenvalue weighted by atomic mass is 35.5. The van der Waals surface area contributed by atoms with Crippen molar-refractivity contribution >= 4 is 17.3 Å². The van der Waals surface area contributed by atoms with Gasteiger partial charge in [0.25, 0.3) is 5.56 Å². The summed E-state index contributed by atoms with van der Waals surface area (Å²) in [7, 11) is 0. The standard InChI is InChI=1S/C20H23ClN6O2/c1-3-17-23-19(29-24-17)14(2)25-9-11-26(12-10-25)16-13-22-27(20(28)18(16)21)15-7-5-4-6-8-15/h4-8,13-14H,3,9-12H2,1-2H3. The summed E-state index contributed by atoms with van der Waals surface area (Å²) in [6.07, 6.45) is 2.42. The van der Waals surface area contributed by atoms with Gasteiger partial charge in [-0.1, -0.05) is 41.9 Å².